The topological polar surface area (TPSA) is 65.8 Å². The van der Waals surface area contributed by atoms with Crippen molar-refractivity contribution in [2.75, 3.05) is 33.4 Å². The van der Waals surface area contributed by atoms with E-state index in [4.69, 9.17) is 14.2 Å². The Morgan fingerprint density at radius 3 is 2.72 bits per heavy atom. The van der Waals surface area contributed by atoms with E-state index in [-0.39, 0.29) is 12.0 Å². The molecule has 1 aromatic heterocycles. The number of aromatic nitrogens is 2. The maximum Gasteiger partial charge on any atom is 0.274 e. The molecule has 2 aromatic rings. The lowest BCUT2D eigenvalue weighted by Crippen LogP contribution is -2.41. The van der Waals surface area contributed by atoms with Gasteiger partial charge in [0.2, 0.25) is 0 Å². The molecule has 1 amide bonds. The van der Waals surface area contributed by atoms with Gasteiger partial charge >= 0.3 is 0 Å². The van der Waals surface area contributed by atoms with Crippen LogP contribution in [0.4, 0.5) is 0 Å². The predicted molar refractivity (Wildman–Crippen MR) is 89.5 cm³/mol. The fraction of sp³-hybridized carbons (Fsp3) is 0.444. The van der Waals surface area contributed by atoms with Crippen LogP contribution in [0.5, 0.6) is 5.75 Å². The van der Waals surface area contributed by atoms with Gasteiger partial charge in [0.15, 0.2) is 5.69 Å². The van der Waals surface area contributed by atoms with Crippen molar-refractivity contribution in [3.63, 3.8) is 0 Å². The molecule has 7 nitrogen and oxygen atoms in total. The van der Waals surface area contributed by atoms with Crippen LogP contribution < -0.4 is 4.74 Å². The minimum atomic E-state index is -0.0565. The molecule has 0 aliphatic carbocycles. The Kier molecular flexibility index (Phi) is 4.42. The van der Waals surface area contributed by atoms with E-state index in [1.54, 1.807) is 18.3 Å². The molecule has 4 rings (SSSR count). The number of ether oxygens (including phenoxy) is 3. The average Bonchev–Trinajstić information content (AvgIpc) is 3.11. The Labute approximate surface area is 146 Å². The number of methoxy groups -OCH3 is 1. The molecular weight excluding hydrogens is 322 g/mol. The van der Waals surface area contributed by atoms with Crippen LogP contribution in [0, 0.1) is 0 Å². The number of nitrogens with zero attached hydrogens (tertiary/aromatic N) is 3. The molecule has 0 spiro atoms. The third-order valence-corrected chi connectivity index (χ3v) is 4.72. The first kappa shape index (κ1) is 16.1. The zero-order valence-corrected chi connectivity index (χ0v) is 14.2. The van der Waals surface area contributed by atoms with Gasteiger partial charge in [-0.3, -0.25) is 4.79 Å². The number of carbonyl (C=O) groups excluding carboxylic acids is 1. The maximum absolute atomic E-state index is 12.7. The molecule has 1 aromatic carbocycles. The minimum absolute atomic E-state index is 0.0384. The molecule has 3 heterocycles. The van der Waals surface area contributed by atoms with Crippen LogP contribution >= 0.6 is 0 Å². The maximum atomic E-state index is 12.7. The summed E-state index contributed by atoms with van der Waals surface area (Å²) in [6.45, 7) is 3.41. The molecule has 2 aliphatic rings. The van der Waals surface area contributed by atoms with Crippen LogP contribution in [0.3, 0.4) is 0 Å². The lowest BCUT2D eigenvalue weighted by atomic mass is 10.1. The van der Waals surface area contributed by atoms with Gasteiger partial charge in [0, 0.05) is 13.1 Å². The van der Waals surface area contributed by atoms with Crippen LogP contribution in [0.1, 0.15) is 27.8 Å². The number of carbonyl (C=O) groups is 1. The minimum Gasteiger partial charge on any atom is -0.497 e. The summed E-state index contributed by atoms with van der Waals surface area (Å²) in [6, 6.07) is 7.86. The second-order valence-corrected chi connectivity index (χ2v) is 6.17. The van der Waals surface area contributed by atoms with Gasteiger partial charge in [-0.05, 0) is 17.7 Å². The van der Waals surface area contributed by atoms with Crippen molar-refractivity contribution in [1.82, 2.24) is 14.5 Å². The Bertz CT molecular complexity index is 750. The summed E-state index contributed by atoms with van der Waals surface area (Å²) in [4.78, 5) is 18.8. The highest BCUT2D eigenvalue weighted by atomic mass is 16.5. The SMILES string of the molecule is COc1ccc([C@H]2Cn3cnc(C(=O)N4CCOCC4)c3CO2)cc1. The molecule has 0 saturated carbocycles. The zero-order valence-electron chi connectivity index (χ0n) is 14.2. The summed E-state index contributed by atoms with van der Waals surface area (Å²) in [7, 11) is 1.65. The van der Waals surface area contributed by atoms with Crippen molar-refractivity contribution in [1.29, 1.82) is 0 Å². The number of fused-ring (bicyclic) bond motifs is 1. The summed E-state index contributed by atoms with van der Waals surface area (Å²) in [5, 5.41) is 0. The first-order valence-corrected chi connectivity index (χ1v) is 8.43. The number of rotatable bonds is 3. The van der Waals surface area contributed by atoms with Crippen LogP contribution in [0.25, 0.3) is 0 Å². The van der Waals surface area contributed by atoms with E-state index in [2.05, 4.69) is 4.98 Å². The van der Waals surface area contributed by atoms with Gasteiger partial charge in [-0.2, -0.15) is 0 Å². The number of hydrogen-bond donors (Lipinski definition) is 0. The van der Waals surface area contributed by atoms with Crippen molar-refractivity contribution in [3.05, 3.63) is 47.5 Å². The third kappa shape index (κ3) is 3.12. The van der Waals surface area contributed by atoms with E-state index in [0.29, 0.717) is 45.1 Å². The van der Waals surface area contributed by atoms with Crippen molar-refractivity contribution in [2.24, 2.45) is 0 Å². The summed E-state index contributed by atoms with van der Waals surface area (Å²) in [6.07, 6.45) is 1.68. The molecule has 25 heavy (non-hydrogen) atoms. The van der Waals surface area contributed by atoms with Crippen molar-refractivity contribution in [3.8, 4) is 5.75 Å². The lowest BCUT2D eigenvalue weighted by Gasteiger charge is -2.28. The number of morpholine rings is 1. The highest BCUT2D eigenvalue weighted by molar-refractivity contribution is 5.93. The van der Waals surface area contributed by atoms with E-state index in [9.17, 15) is 4.79 Å². The molecule has 0 radical (unpaired) electrons. The van der Waals surface area contributed by atoms with Crippen LogP contribution in [-0.4, -0.2) is 53.8 Å². The molecule has 1 saturated heterocycles. The molecule has 0 bridgehead atoms. The van der Waals surface area contributed by atoms with Crippen molar-refractivity contribution < 1.29 is 19.0 Å². The van der Waals surface area contributed by atoms with Crippen LogP contribution in [-0.2, 0) is 22.6 Å². The van der Waals surface area contributed by atoms with E-state index >= 15 is 0 Å². The molecule has 1 fully saturated rings. The highest BCUT2D eigenvalue weighted by Gasteiger charge is 2.29. The third-order valence-electron chi connectivity index (χ3n) is 4.72. The summed E-state index contributed by atoms with van der Waals surface area (Å²) in [5.41, 5.74) is 2.43. The van der Waals surface area contributed by atoms with Gasteiger partial charge in [-0.1, -0.05) is 12.1 Å². The molecule has 2 aliphatic heterocycles. The van der Waals surface area contributed by atoms with Gasteiger partial charge in [0.05, 0.1) is 45.5 Å². The lowest BCUT2D eigenvalue weighted by molar-refractivity contribution is 0.00170. The smallest absolute Gasteiger partial charge is 0.274 e. The highest BCUT2D eigenvalue weighted by Crippen LogP contribution is 2.29. The number of amides is 1. The first-order valence-electron chi connectivity index (χ1n) is 8.43. The Balaban J connectivity index is 1.50. The standard InChI is InChI=1S/C18H21N3O4/c1-23-14-4-2-13(3-5-14)16-10-21-12-19-17(15(21)11-25-16)18(22)20-6-8-24-9-7-20/h2-5,12,16H,6-11H2,1H3/t16-/m1/s1. The second-order valence-electron chi connectivity index (χ2n) is 6.17. The van der Waals surface area contributed by atoms with Gasteiger partial charge < -0.3 is 23.7 Å². The van der Waals surface area contributed by atoms with Gasteiger partial charge in [0.1, 0.15) is 11.9 Å². The molecule has 7 heteroatoms. The molecule has 0 N–H and O–H groups in total. The summed E-state index contributed by atoms with van der Waals surface area (Å²) in [5.74, 6) is 0.782. The van der Waals surface area contributed by atoms with E-state index in [0.717, 1.165) is 17.0 Å². The van der Waals surface area contributed by atoms with Crippen LogP contribution in [0.15, 0.2) is 30.6 Å². The van der Waals surface area contributed by atoms with E-state index < -0.39 is 0 Å². The van der Waals surface area contributed by atoms with E-state index in [1.165, 1.54) is 0 Å². The number of hydrogen-bond acceptors (Lipinski definition) is 5. The zero-order chi connectivity index (χ0) is 17.2. The summed E-state index contributed by atoms with van der Waals surface area (Å²) >= 11 is 0. The van der Waals surface area contributed by atoms with Gasteiger partial charge in [-0.15, -0.1) is 0 Å². The number of imidazole rings is 1. The number of benzene rings is 1. The monoisotopic (exact) mass is 343 g/mol. The van der Waals surface area contributed by atoms with Crippen molar-refractivity contribution >= 4 is 5.91 Å². The Hall–Kier alpha value is -2.38. The average molecular weight is 343 g/mol. The molecule has 0 unspecified atom stereocenters. The molecule has 1 atom stereocenters. The predicted octanol–water partition coefficient (Wildman–Crippen LogP) is 1.64. The Morgan fingerprint density at radius 1 is 1.24 bits per heavy atom. The Morgan fingerprint density at radius 2 is 2.00 bits per heavy atom. The molecular formula is C18H21N3O4. The van der Waals surface area contributed by atoms with Crippen LogP contribution in [0.2, 0.25) is 0 Å². The van der Waals surface area contributed by atoms with Gasteiger partial charge in [0.25, 0.3) is 5.91 Å². The normalized spacial score (nSPS) is 20.2. The van der Waals surface area contributed by atoms with Gasteiger partial charge in [-0.25, -0.2) is 4.98 Å². The molecule has 132 valence electrons. The summed E-state index contributed by atoms with van der Waals surface area (Å²) < 4.78 is 18.5. The fourth-order valence-electron chi connectivity index (χ4n) is 3.24. The van der Waals surface area contributed by atoms with E-state index in [1.807, 2.05) is 28.8 Å². The fourth-order valence-corrected chi connectivity index (χ4v) is 3.24. The second kappa shape index (κ2) is 6.85. The van der Waals surface area contributed by atoms with Crippen molar-refractivity contribution in [2.45, 2.75) is 19.3 Å². The quantitative estimate of drug-likeness (QED) is 0.848. The largest absolute Gasteiger partial charge is 0.497 e. The first-order chi connectivity index (χ1) is 12.3.